The monoisotopic (exact) mass is 310 g/mol. The van der Waals surface area contributed by atoms with Gasteiger partial charge in [-0.25, -0.2) is 4.79 Å². The number of amides is 2. The Morgan fingerprint density at radius 1 is 1.09 bits per heavy atom. The summed E-state index contributed by atoms with van der Waals surface area (Å²) in [5, 5.41) is 19.3. The average molecular weight is 310 g/mol. The number of H-pyrrole nitrogens is 1. The minimum absolute atomic E-state index is 0.369. The summed E-state index contributed by atoms with van der Waals surface area (Å²) in [5.74, 6) is 1.13. The number of anilines is 2. The van der Waals surface area contributed by atoms with Crippen LogP contribution in [0, 0.1) is 0 Å². The van der Waals surface area contributed by atoms with Gasteiger partial charge in [0.1, 0.15) is 5.75 Å². The number of benzene rings is 2. The van der Waals surface area contributed by atoms with E-state index in [1.165, 1.54) is 0 Å². The zero-order valence-corrected chi connectivity index (χ0v) is 12.3. The van der Waals surface area contributed by atoms with E-state index in [1.807, 2.05) is 12.1 Å². The van der Waals surface area contributed by atoms with Crippen molar-refractivity contribution in [2.24, 2.45) is 0 Å². The maximum atomic E-state index is 12.1. The number of hydrogen-bond donors (Lipinski definition) is 3. The van der Waals surface area contributed by atoms with Gasteiger partial charge in [0, 0.05) is 11.3 Å². The van der Waals surface area contributed by atoms with Crippen LogP contribution in [0.3, 0.4) is 0 Å². The summed E-state index contributed by atoms with van der Waals surface area (Å²) in [6, 6.07) is 13.9. The smallest absolute Gasteiger partial charge is 0.323 e. The lowest BCUT2D eigenvalue weighted by molar-refractivity contribution is 0.262. The summed E-state index contributed by atoms with van der Waals surface area (Å²) < 4.78 is 5.08. The molecule has 0 saturated carbocycles. The molecule has 0 atom stereocenters. The molecule has 3 rings (SSSR count). The third kappa shape index (κ3) is 3.43. The molecule has 1 heterocycles. The first kappa shape index (κ1) is 14.5. The number of rotatable bonds is 4. The van der Waals surface area contributed by atoms with Crippen molar-refractivity contribution in [2.75, 3.05) is 17.7 Å². The van der Waals surface area contributed by atoms with Crippen LogP contribution in [0.5, 0.6) is 5.75 Å². The van der Waals surface area contributed by atoms with Crippen LogP contribution in [0.2, 0.25) is 0 Å². The quantitative estimate of drug-likeness (QED) is 0.686. The second kappa shape index (κ2) is 6.56. The van der Waals surface area contributed by atoms with Gasteiger partial charge in [-0.2, -0.15) is 5.21 Å². The molecule has 0 aliphatic rings. The molecular formula is C15H14N6O2. The SMILES string of the molecule is COc1ccc(NC(=O)Nc2ccccc2-c2nn[nH]n2)cc1. The Kier molecular flexibility index (Phi) is 4.14. The van der Waals surface area contributed by atoms with E-state index in [1.54, 1.807) is 43.5 Å². The maximum Gasteiger partial charge on any atom is 0.323 e. The summed E-state index contributed by atoms with van der Waals surface area (Å²) in [6.45, 7) is 0. The molecule has 0 aliphatic heterocycles. The molecule has 0 saturated heterocycles. The van der Waals surface area contributed by atoms with Crippen LogP contribution in [-0.4, -0.2) is 33.8 Å². The minimum Gasteiger partial charge on any atom is -0.497 e. The number of nitrogens with one attached hydrogen (secondary N) is 3. The number of nitrogens with zero attached hydrogens (tertiary/aromatic N) is 3. The molecule has 8 nitrogen and oxygen atoms in total. The van der Waals surface area contributed by atoms with E-state index < -0.39 is 0 Å². The Bertz CT molecular complexity index is 786. The Hall–Kier alpha value is -3.42. The van der Waals surface area contributed by atoms with Gasteiger partial charge in [0.2, 0.25) is 5.82 Å². The molecule has 3 N–H and O–H groups in total. The second-order valence-electron chi connectivity index (χ2n) is 4.59. The van der Waals surface area contributed by atoms with E-state index in [9.17, 15) is 4.79 Å². The first-order valence-corrected chi connectivity index (χ1v) is 6.81. The lowest BCUT2D eigenvalue weighted by Gasteiger charge is -2.10. The van der Waals surface area contributed by atoms with E-state index in [-0.39, 0.29) is 6.03 Å². The number of hydrogen-bond acceptors (Lipinski definition) is 5. The van der Waals surface area contributed by atoms with Crippen molar-refractivity contribution in [3.8, 4) is 17.1 Å². The molecule has 0 unspecified atom stereocenters. The van der Waals surface area contributed by atoms with Crippen LogP contribution in [-0.2, 0) is 0 Å². The molecule has 8 heteroatoms. The van der Waals surface area contributed by atoms with Gasteiger partial charge in [-0.15, -0.1) is 10.2 Å². The van der Waals surface area contributed by atoms with E-state index in [2.05, 4.69) is 31.3 Å². The van der Waals surface area contributed by atoms with Crippen LogP contribution in [0.1, 0.15) is 0 Å². The largest absolute Gasteiger partial charge is 0.497 e. The zero-order chi connectivity index (χ0) is 16.1. The van der Waals surface area contributed by atoms with Gasteiger partial charge in [0.05, 0.1) is 12.8 Å². The Balaban J connectivity index is 1.73. The number of methoxy groups -OCH3 is 1. The fourth-order valence-electron chi connectivity index (χ4n) is 2.02. The highest BCUT2D eigenvalue weighted by atomic mass is 16.5. The molecule has 116 valence electrons. The van der Waals surface area contributed by atoms with Gasteiger partial charge in [0.15, 0.2) is 0 Å². The molecule has 0 spiro atoms. The van der Waals surface area contributed by atoms with Gasteiger partial charge >= 0.3 is 6.03 Å². The van der Waals surface area contributed by atoms with Gasteiger partial charge in [-0.3, -0.25) is 0 Å². The molecule has 23 heavy (non-hydrogen) atoms. The second-order valence-corrected chi connectivity index (χ2v) is 4.59. The van der Waals surface area contributed by atoms with Gasteiger partial charge in [0.25, 0.3) is 0 Å². The topological polar surface area (TPSA) is 105 Å². The number of ether oxygens (including phenoxy) is 1. The molecule has 0 bridgehead atoms. The van der Waals surface area contributed by atoms with E-state index in [0.29, 0.717) is 22.8 Å². The minimum atomic E-state index is -0.369. The van der Waals surface area contributed by atoms with E-state index in [4.69, 9.17) is 4.74 Å². The lowest BCUT2D eigenvalue weighted by Crippen LogP contribution is -2.19. The Morgan fingerprint density at radius 3 is 2.57 bits per heavy atom. The van der Waals surface area contributed by atoms with Crippen LogP contribution in [0.4, 0.5) is 16.2 Å². The van der Waals surface area contributed by atoms with Crippen molar-refractivity contribution in [1.29, 1.82) is 0 Å². The molecule has 0 aliphatic carbocycles. The normalized spacial score (nSPS) is 10.1. The first-order valence-electron chi connectivity index (χ1n) is 6.81. The third-order valence-corrected chi connectivity index (χ3v) is 3.11. The number of carbonyl (C=O) groups is 1. The van der Waals surface area contributed by atoms with E-state index in [0.717, 1.165) is 5.75 Å². The van der Waals surface area contributed by atoms with Crippen molar-refractivity contribution in [2.45, 2.75) is 0 Å². The summed E-state index contributed by atoms with van der Waals surface area (Å²) >= 11 is 0. The van der Waals surface area contributed by atoms with Crippen molar-refractivity contribution >= 4 is 17.4 Å². The van der Waals surface area contributed by atoms with Crippen molar-refractivity contribution in [3.63, 3.8) is 0 Å². The number of aromatic nitrogens is 4. The highest BCUT2D eigenvalue weighted by molar-refractivity contribution is 6.01. The van der Waals surface area contributed by atoms with Crippen LogP contribution >= 0.6 is 0 Å². The molecule has 2 amide bonds. The van der Waals surface area contributed by atoms with Crippen molar-refractivity contribution < 1.29 is 9.53 Å². The molecule has 0 fully saturated rings. The number of urea groups is 1. The lowest BCUT2D eigenvalue weighted by atomic mass is 10.1. The number of tetrazole rings is 1. The number of para-hydroxylation sites is 1. The van der Waals surface area contributed by atoms with Crippen molar-refractivity contribution in [3.05, 3.63) is 48.5 Å². The summed E-state index contributed by atoms with van der Waals surface area (Å²) in [5.41, 5.74) is 1.91. The standard InChI is InChI=1S/C15H14N6O2/c1-23-11-8-6-10(7-9-11)16-15(22)17-13-5-3-2-4-12(13)14-18-20-21-19-14/h2-9H,1H3,(H2,16,17,22)(H,18,19,20,21). The number of aromatic amines is 1. The van der Waals surface area contributed by atoms with Crippen LogP contribution in [0.25, 0.3) is 11.4 Å². The number of carbonyl (C=O) groups excluding carboxylic acids is 1. The third-order valence-electron chi connectivity index (χ3n) is 3.11. The molecule has 2 aromatic carbocycles. The summed E-state index contributed by atoms with van der Waals surface area (Å²) in [4.78, 5) is 12.1. The molecule has 3 aromatic rings. The highest BCUT2D eigenvalue weighted by Gasteiger charge is 2.11. The zero-order valence-electron chi connectivity index (χ0n) is 12.3. The van der Waals surface area contributed by atoms with Crippen LogP contribution in [0.15, 0.2) is 48.5 Å². The maximum absolute atomic E-state index is 12.1. The Morgan fingerprint density at radius 2 is 1.87 bits per heavy atom. The highest BCUT2D eigenvalue weighted by Crippen LogP contribution is 2.24. The van der Waals surface area contributed by atoms with Crippen LogP contribution < -0.4 is 15.4 Å². The van der Waals surface area contributed by atoms with Gasteiger partial charge < -0.3 is 15.4 Å². The fraction of sp³-hybridized carbons (Fsp3) is 0.0667. The molecule has 0 radical (unpaired) electrons. The van der Waals surface area contributed by atoms with E-state index >= 15 is 0 Å². The van der Waals surface area contributed by atoms with Crippen molar-refractivity contribution in [1.82, 2.24) is 20.6 Å². The molecule has 1 aromatic heterocycles. The predicted molar refractivity (Wildman–Crippen MR) is 85.2 cm³/mol. The molecular weight excluding hydrogens is 296 g/mol. The van der Waals surface area contributed by atoms with Gasteiger partial charge in [-0.1, -0.05) is 12.1 Å². The summed E-state index contributed by atoms with van der Waals surface area (Å²) in [6.07, 6.45) is 0. The summed E-state index contributed by atoms with van der Waals surface area (Å²) in [7, 11) is 1.59. The average Bonchev–Trinajstić information content (AvgIpc) is 3.10. The Labute approximate surface area is 131 Å². The van der Waals surface area contributed by atoms with Gasteiger partial charge in [-0.05, 0) is 41.6 Å². The predicted octanol–water partition coefficient (Wildman–Crippen LogP) is 2.52. The fourth-order valence-corrected chi connectivity index (χ4v) is 2.02. The first-order chi connectivity index (χ1) is 11.3.